The highest BCUT2D eigenvalue weighted by Crippen LogP contribution is 2.29. The first kappa shape index (κ1) is 14.2. The molecule has 0 aliphatic heterocycles. The summed E-state index contributed by atoms with van der Waals surface area (Å²) in [6, 6.07) is 10.3. The minimum atomic E-state index is 0.700. The Labute approximate surface area is 124 Å². The van der Waals surface area contributed by atoms with Crippen LogP contribution in [-0.2, 0) is 6.54 Å². The van der Waals surface area contributed by atoms with E-state index in [9.17, 15) is 0 Å². The van der Waals surface area contributed by atoms with Crippen molar-refractivity contribution in [2.24, 2.45) is 0 Å². The molecule has 0 unspecified atom stereocenters. The zero-order valence-electron chi connectivity index (χ0n) is 11.3. The van der Waals surface area contributed by atoms with Gasteiger partial charge in [0.2, 0.25) is 0 Å². The van der Waals surface area contributed by atoms with Crippen LogP contribution in [0.25, 0.3) is 0 Å². The highest BCUT2D eigenvalue weighted by molar-refractivity contribution is 6.35. The molecule has 0 aliphatic rings. The summed E-state index contributed by atoms with van der Waals surface area (Å²) >= 11 is 12.3. The lowest BCUT2D eigenvalue weighted by Gasteiger charge is -2.11. The molecule has 1 N–H and O–H groups in total. The molecule has 2 aromatic rings. The molecule has 0 spiro atoms. The summed E-state index contributed by atoms with van der Waals surface area (Å²) in [6.45, 7) is 6.89. The molecule has 0 aliphatic carbocycles. The van der Waals surface area contributed by atoms with Crippen molar-refractivity contribution in [3.63, 3.8) is 0 Å². The molecule has 0 fully saturated rings. The van der Waals surface area contributed by atoms with Gasteiger partial charge in [-0.1, -0.05) is 52.5 Å². The van der Waals surface area contributed by atoms with Crippen LogP contribution in [0.1, 0.15) is 22.3 Å². The topological polar surface area (TPSA) is 12.0 Å². The standard InChI is InChI=1S/C16H17Cl2N/c1-10-4-11(2)6-13(5-10)9-19-16-8-14(17)12(3)7-15(16)18/h4-8,19H,9H2,1-3H3. The Morgan fingerprint density at radius 2 is 1.47 bits per heavy atom. The van der Waals surface area contributed by atoms with Crippen molar-refractivity contribution >= 4 is 28.9 Å². The lowest BCUT2D eigenvalue weighted by molar-refractivity contribution is 1.13. The Kier molecular flexibility index (Phi) is 4.38. The second kappa shape index (κ2) is 5.85. The number of hydrogen-bond acceptors (Lipinski definition) is 1. The zero-order valence-corrected chi connectivity index (χ0v) is 12.9. The van der Waals surface area contributed by atoms with Gasteiger partial charge in [-0.3, -0.25) is 0 Å². The summed E-state index contributed by atoms with van der Waals surface area (Å²) < 4.78 is 0. The third-order valence-corrected chi connectivity index (χ3v) is 3.73. The summed E-state index contributed by atoms with van der Waals surface area (Å²) in [5, 5.41) is 4.76. The number of halogens is 2. The van der Waals surface area contributed by atoms with E-state index in [2.05, 4.69) is 37.4 Å². The van der Waals surface area contributed by atoms with Gasteiger partial charge in [0, 0.05) is 11.6 Å². The van der Waals surface area contributed by atoms with Crippen molar-refractivity contribution in [1.29, 1.82) is 0 Å². The maximum Gasteiger partial charge on any atom is 0.0641 e. The molecule has 3 heteroatoms. The Morgan fingerprint density at radius 3 is 2.11 bits per heavy atom. The van der Waals surface area contributed by atoms with Gasteiger partial charge < -0.3 is 5.32 Å². The van der Waals surface area contributed by atoms with E-state index in [1.165, 1.54) is 16.7 Å². The molecule has 2 aromatic carbocycles. The average molecular weight is 294 g/mol. The summed E-state index contributed by atoms with van der Waals surface area (Å²) in [6.07, 6.45) is 0. The molecule has 1 nitrogen and oxygen atoms in total. The van der Waals surface area contributed by atoms with Crippen LogP contribution in [0.5, 0.6) is 0 Å². The maximum atomic E-state index is 6.21. The van der Waals surface area contributed by atoms with Gasteiger partial charge in [-0.2, -0.15) is 0 Å². The highest BCUT2D eigenvalue weighted by atomic mass is 35.5. The van der Waals surface area contributed by atoms with Crippen molar-refractivity contribution < 1.29 is 0 Å². The second-order valence-electron chi connectivity index (χ2n) is 4.93. The Balaban J connectivity index is 2.16. The van der Waals surface area contributed by atoms with Gasteiger partial charge in [0.05, 0.1) is 10.7 Å². The number of benzene rings is 2. The molecule has 0 radical (unpaired) electrons. The first-order chi connectivity index (χ1) is 8.95. The quantitative estimate of drug-likeness (QED) is 0.784. The summed E-state index contributed by atoms with van der Waals surface area (Å²) in [4.78, 5) is 0. The minimum Gasteiger partial charge on any atom is -0.380 e. The van der Waals surface area contributed by atoms with Gasteiger partial charge in [0.25, 0.3) is 0 Å². The van der Waals surface area contributed by atoms with E-state index in [-0.39, 0.29) is 0 Å². The fourth-order valence-electron chi connectivity index (χ4n) is 2.15. The van der Waals surface area contributed by atoms with Crippen LogP contribution < -0.4 is 5.32 Å². The Bertz CT molecular complexity index is 586. The van der Waals surface area contributed by atoms with E-state index in [1.807, 2.05) is 19.1 Å². The van der Waals surface area contributed by atoms with Crippen LogP contribution in [0.3, 0.4) is 0 Å². The predicted octanol–water partition coefficient (Wildman–Crippen LogP) is 5.53. The molecule has 19 heavy (non-hydrogen) atoms. The predicted molar refractivity (Wildman–Crippen MR) is 84.4 cm³/mol. The Morgan fingerprint density at radius 1 is 0.842 bits per heavy atom. The molecule has 0 saturated heterocycles. The van der Waals surface area contributed by atoms with Crippen LogP contribution in [-0.4, -0.2) is 0 Å². The molecule has 0 aromatic heterocycles. The number of nitrogens with one attached hydrogen (secondary N) is 1. The molecular weight excluding hydrogens is 277 g/mol. The number of hydrogen-bond donors (Lipinski definition) is 1. The fourth-order valence-corrected chi connectivity index (χ4v) is 2.60. The zero-order chi connectivity index (χ0) is 14.0. The van der Waals surface area contributed by atoms with E-state index in [1.54, 1.807) is 0 Å². The first-order valence-corrected chi connectivity index (χ1v) is 6.98. The average Bonchev–Trinajstić information content (AvgIpc) is 2.31. The van der Waals surface area contributed by atoms with Crippen LogP contribution in [0, 0.1) is 20.8 Å². The molecule has 0 bridgehead atoms. The van der Waals surface area contributed by atoms with Gasteiger partial charge in [-0.05, 0) is 44.0 Å². The van der Waals surface area contributed by atoms with Gasteiger partial charge >= 0.3 is 0 Å². The summed E-state index contributed by atoms with van der Waals surface area (Å²) in [5.41, 5.74) is 5.64. The van der Waals surface area contributed by atoms with Crippen LogP contribution in [0.15, 0.2) is 30.3 Å². The van der Waals surface area contributed by atoms with Crippen LogP contribution in [0.4, 0.5) is 5.69 Å². The van der Waals surface area contributed by atoms with Gasteiger partial charge in [0.15, 0.2) is 0 Å². The maximum absolute atomic E-state index is 6.21. The molecule has 0 atom stereocenters. The molecular formula is C16H17Cl2N. The van der Waals surface area contributed by atoms with E-state index >= 15 is 0 Å². The number of anilines is 1. The van der Waals surface area contributed by atoms with Crippen LogP contribution >= 0.6 is 23.2 Å². The number of aryl methyl sites for hydroxylation is 3. The van der Waals surface area contributed by atoms with Crippen molar-refractivity contribution in [2.75, 3.05) is 5.32 Å². The lowest BCUT2D eigenvalue weighted by atomic mass is 10.1. The third kappa shape index (κ3) is 3.65. The molecule has 0 saturated carbocycles. The third-order valence-electron chi connectivity index (χ3n) is 3.01. The van der Waals surface area contributed by atoms with Crippen LogP contribution in [0.2, 0.25) is 10.0 Å². The number of rotatable bonds is 3. The summed E-state index contributed by atoms with van der Waals surface area (Å²) in [5.74, 6) is 0. The van der Waals surface area contributed by atoms with Crippen molar-refractivity contribution in [2.45, 2.75) is 27.3 Å². The molecule has 0 amide bonds. The van der Waals surface area contributed by atoms with Crippen molar-refractivity contribution in [3.05, 3.63) is 62.6 Å². The van der Waals surface area contributed by atoms with Crippen molar-refractivity contribution in [3.8, 4) is 0 Å². The van der Waals surface area contributed by atoms with E-state index in [0.29, 0.717) is 5.02 Å². The SMILES string of the molecule is Cc1cc(C)cc(CNc2cc(Cl)c(C)cc2Cl)c1. The normalized spacial score (nSPS) is 10.6. The monoisotopic (exact) mass is 293 g/mol. The second-order valence-corrected chi connectivity index (χ2v) is 5.75. The van der Waals surface area contributed by atoms with Gasteiger partial charge in [0.1, 0.15) is 0 Å². The molecule has 100 valence electrons. The highest BCUT2D eigenvalue weighted by Gasteiger charge is 2.04. The fraction of sp³-hybridized carbons (Fsp3) is 0.250. The van der Waals surface area contributed by atoms with E-state index in [0.717, 1.165) is 22.8 Å². The molecule has 0 heterocycles. The smallest absolute Gasteiger partial charge is 0.0641 e. The van der Waals surface area contributed by atoms with Gasteiger partial charge in [-0.25, -0.2) is 0 Å². The Hall–Kier alpha value is -1.18. The van der Waals surface area contributed by atoms with E-state index in [4.69, 9.17) is 23.2 Å². The van der Waals surface area contributed by atoms with E-state index < -0.39 is 0 Å². The summed E-state index contributed by atoms with van der Waals surface area (Å²) in [7, 11) is 0. The van der Waals surface area contributed by atoms with Gasteiger partial charge in [-0.15, -0.1) is 0 Å². The van der Waals surface area contributed by atoms with Crippen molar-refractivity contribution in [1.82, 2.24) is 0 Å². The largest absolute Gasteiger partial charge is 0.380 e. The molecule has 2 rings (SSSR count). The lowest BCUT2D eigenvalue weighted by Crippen LogP contribution is -2.01. The minimum absolute atomic E-state index is 0.700. The first-order valence-electron chi connectivity index (χ1n) is 6.22.